The molecule has 2 amide bonds. The lowest BCUT2D eigenvalue weighted by Crippen LogP contribution is -2.54. The summed E-state index contributed by atoms with van der Waals surface area (Å²) in [6, 6.07) is 28.7. The van der Waals surface area contributed by atoms with Crippen LogP contribution in [0.15, 0.2) is 114 Å². The first kappa shape index (κ1) is 32.4. The largest absolute Gasteiger partial charge is 0.352 e. The van der Waals surface area contributed by atoms with Crippen molar-refractivity contribution in [3.05, 3.63) is 132 Å². The highest BCUT2D eigenvalue weighted by Gasteiger charge is 2.35. The first-order valence-corrected chi connectivity index (χ1v) is 16.0. The molecule has 0 fully saturated rings. The van der Waals surface area contributed by atoms with Crippen molar-refractivity contribution in [3.63, 3.8) is 0 Å². The number of hydrogen-bond donors (Lipinski definition) is 1. The van der Waals surface area contributed by atoms with E-state index in [1.54, 1.807) is 18.2 Å². The number of hydrogen-bond acceptors (Lipinski definition) is 4. The minimum absolute atomic E-state index is 0.0161. The molecule has 2 atom stereocenters. The average Bonchev–Trinajstić information content (AvgIpc) is 3.03. The van der Waals surface area contributed by atoms with Gasteiger partial charge in [-0.3, -0.25) is 13.9 Å². The van der Waals surface area contributed by atoms with Crippen molar-refractivity contribution in [3.8, 4) is 0 Å². The summed E-state index contributed by atoms with van der Waals surface area (Å²) in [7, 11) is -4.24. The van der Waals surface area contributed by atoms with Crippen LogP contribution in [0.3, 0.4) is 0 Å². The molecule has 0 spiro atoms. The van der Waals surface area contributed by atoms with Crippen molar-refractivity contribution in [1.82, 2.24) is 10.2 Å². The zero-order valence-corrected chi connectivity index (χ0v) is 26.0. The maximum Gasteiger partial charge on any atom is 0.264 e. The molecule has 4 rings (SSSR count). The number of nitrogens with one attached hydrogen (secondary N) is 1. The van der Waals surface area contributed by atoms with Crippen LogP contribution >= 0.6 is 0 Å². The van der Waals surface area contributed by atoms with Gasteiger partial charge in [-0.25, -0.2) is 12.8 Å². The molecule has 230 valence electrons. The maximum atomic E-state index is 14.4. The molecule has 1 N–H and O–H groups in total. The molecule has 4 aromatic carbocycles. The highest BCUT2D eigenvalue weighted by atomic mass is 32.2. The van der Waals surface area contributed by atoms with Crippen molar-refractivity contribution in [2.45, 2.75) is 57.1 Å². The first-order chi connectivity index (χ1) is 21.1. The fraction of sp³-hybridized carbons (Fsp3) is 0.257. The fourth-order valence-corrected chi connectivity index (χ4v) is 6.18. The third kappa shape index (κ3) is 8.32. The number of halogens is 1. The van der Waals surface area contributed by atoms with E-state index < -0.39 is 34.3 Å². The van der Waals surface area contributed by atoms with E-state index >= 15 is 0 Å². The Kier molecular flexibility index (Phi) is 10.9. The number of amides is 2. The average molecular weight is 616 g/mol. The lowest BCUT2D eigenvalue weighted by atomic mass is 10.0. The van der Waals surface area contributed by atoms with Gasteiger partial charge in [-0.15, -0.1) is 0 Å². The number of carbonyl (C=O) groups excluding carboxylic acids is 2. The molecule has 7 nitrogen and oxygen atoms in total. The summed E-state index contributed by atoms with van der Waals surface area (Å²) >= 11 is 0. The molecule has 4 aromatic rings. The molecule has 44 heavy (non-hydrogen) atoms. The topological polar surface area (TPSA) is 86.8 Å². The van der Waals surface area contributed by atoms with Crippen LogP contribution in [0.25, 0.3) is 0 Å². The van der Waals surface area contributed by atoms with Crippen LogP contribution in [0.2, 0.25) is 0 Å². The highest BCUT2D eigenvalue weighted by molar-refractivity contribution is 7.92. The second kappa shape index (κ2) is 14.8. The van der Waals surface area contributed by atoms with Crippen LogP contribution in [-0.4, -0.2) is 43.8 Å². The molecule has 0 aliphatic carbocycles. The van der Waals surface area contributed by atoms with Crippen LogP contribution in [0.5, 0.6) is 0 Å². The van der Waals surface area contributed by atoms with E-state index in [0.29, 0.717) is 6.42 Å². The Morgan fingerprint density at radius 2 is 1.41 bits per heavy atom. The maximum absolute atomic E-state index is 14.4. The Balaban J connectivity index is 1.79. The Bertz CT molecular complexity index is 1630. The first-order valence-electron chi connectivity index (χ1n) is 14.6. The van der Waals surface area contributed by atoms with Crippen molar-refractivity contribution >= 4 is 27.5 Å². The molecule has 0 radical (unpaired) electrons. The Labute approximate surface area is 259 Å². The van der Waals surface area contributed by atoms with Crippen molar-refractivity contribution in [1.29, 1.82) is 0 Å². The molecular formula is C35H38FN3O4S. The van der Waals surface area contributed by atoms with Crippen LogP contribution in [0.1, 0.15) is 37.0 Å². The number of nitrogens with zero attached hydrogens (tertiary/aromatic N) is 2. The number of anilines is 1. The van der Waals surface area contributed by atoms with E-state index in [0.717, 1.165) is 33.1 Å². The number of carbonyl (C=O) groups is 2. The molecular weight excluding hydrogens is 577 g/mol. The van der Waals surface area contributed by atoms with Gasteiger partial charge in [-0.1, -0.05) is 85.3 Å². The van der Waals surface area contributed by atoms with Gasteiger partial charge in [0.05, 0.1) is 10.6 Å². The Morgan fingerprint density at radius 1 is 0.818 bits per heavy atom. The van der Waals surface area contributed by atoms with Gasteiger partial charge >= 0.3 is 0 Å². The molecule has 0 aromatic heterocycles. The van der Waals surface area contributed by atoms with Gasteiger partial charge in [0.2, 0.25) is 11.8 Å². The molecule has 0 saturated carbocycles. The molecule has 0 aliphatic rings. The van der Waals surface area contributed by atoms with Gasteiger partial charge in [0.1, 0.15) is 18.4 Å². The summed E-state index contributed by atoms with van der Waals surface area (Å²) in [6.07, 6.45) is 0.923. The van der Waals surface area contributed by atoms with Gasteiger partial charge in [0.15, 0.2) is 0 Å². The molecule has 0 bridgehead atoms. The SMILES string of the molecule is CC[C@H](C)NC(=O)[C@H](Cc1ccccc1)N(Cc1ccc(C)cc1)C(=O)CN(c1ccc(F)cc1)S(=O)(=O)c1ccccc1. The van der Waals surface area contributed by atoms with Gasteiger partial charge in [0, 0.05) is 19.0 Å². The summed E-state index contributed by atoms with van der Waals surface area (Å²) < 4.78 is 42.7. The summed E-state index contributed by atoms with van der Waals surface area (Å²) in [4.78, 5) is 29.7. The zero-order valence-electron chi connectivity index (χ0n) is 25.2. The van der Waals surface area contributed by atoms with Crippen molar-refractivity contribution < 1.29 is 22.4 Å². The van der Waals surface area contributed by atoms with Gasteiger partial charge in [0.25, 0.3) is 10.0 Å². The summed E-state index contributed by atoms with van der Waals surface area (Å²) in [5, 5.41) is 3.02. The number of aryl methyl sites for hydroxylation is 1. The second-order valence-corrected chi connectivity index (χ2v) is 12.7. The van der Waals surface area contributed by atoms with E-state index in [4.69, 9.17) is 0 Å². The normalized spacial score (nSPS) is 12.6. The summed E-state index contributed by atoms with van der Waals surface area (Å²) in [6.45, 7) is 5.29. The third-order valence-electron chi connectivity index (χ3n) is 7.47. The smallest absolute Gasteiger partial charge is 0.264 e. The predicted octanol–water partition coefficient (Wildman–Crippen LogP) is 5.88. The van der Waals surface area contributed by atoms with Gasteiger partial charge in [-0.2, -0.15) is 0 Å². The summed E-state index contributed by atoms with van der Waals surface area (Å²) in [5.41, 5.74) is 2.81. The third-order valence-corrected chi connectivity index (χ3v) is 9.26. The minimum Gasteiger partial charge on any atom is -0.352 e. The molecule has 0 saturated heterocycles. The van der Waals surface area contributed by atoms with E-state index in [2.05, 4.69) is 5.32 Å². The van der Waals surface area contributed by atoms with Crippen molar-refractivity contribution in [2.24, 2.45) is 0 Å². The number of rotatable bonds is 13. The van der Waals surface area contributed by atoms with E-state index in [1.807, 2.05) is 75.4 Å². The highest BCUT2D eigenvalue weighted by Crippen LogP contribution is 2.25. The molecule has 0 heterocycles. The fourth-order valence-electron chi connectivity index (χ4n) is 4.74. The molecule has 9 heteroatoms. The minimum atomic E-state index is -4.24. The van der Waals surface area contributed by atoms with E-state index in [9.17, 15) is 22.4 Å². The standard InChI is InChI=1S/C35H38FN3O4S/c1-4-27(3)37-35(41)33(23-28-11-7-5-8-12-28)38(24-29-17-15-26(2)16-18-29)34(40)25-39(31-21-19-30(36)20-22-31)44(42,43)32-13-9-6-10-14-32/h5-22,27,33H,4,23-25H2,1-3H3,(H,37,41)/t27-,33-/m0/s1. The van der Waals surface area contributed by atoms with Crippen LogP contribution in [0, 0.1) is 12.7 Å². The van der Waals surface area contributed by atoms with Crippen molar-refractivity contribution in [2.75, 3.05) is 10.8 Å². The quantitative estimate of drug-likeness (QED) is 0.203. The lowest BCUT2D eigenvalue weighted by molar-refractivity contribution is -0.140. The van der Waals surface area contributed by atoms with E-state index in [1.165, 1.54) is 29.2 Å². The second-order valence-electron chi connectivity index (χ2n) is 10.8. The Morgan fingerprint density at radius 3 is 2.00 bits per heavy atom. The molecule has 0 unspecified atom stereocenters. The zero-order chi connectivity index (χ0) is 31.7. The van der Waals surface area contributed by atoms with Gasteiger partial charge in [-0.05, 0) is 67.8 Å². The monoisotopic (exact) mass is 615 g/mol. The predicted molar refractivity (Wildman–Crippen MR) is 171 cm³/mol. The summed E-state index contributed by atoms with van der Waals surface area (Å²) in [5.74, 6) is -1.44. The van der Waals surface area contributed by atoms with E-state index in [-0.39, 0.29) is 35.5 Å². The lowest BCUT2D eigenvalue weighted by Gasteiger charge is -2.34. The van der Waals surface area contributed by atoms with Crippen LogP contribution < -0.4 is 9.62 Å². The Hall–Kier alpha value is -4.50. The van der Waals surface area contributed by atoms with Crippen LogP contribution in [0.4, 0.5) is 10.1 Å². The number of sulfonamides is 1. The van der Waals surface area contributed by atoms with Crippen LogP contribution in [-0.2, 0) is 32.6 Å². The molecule has 0 aliphatic heterocycles. The number of benzene rings is 4. The van der Waals surface area contributed by atoms with Gasteiger partial charge < -0.3 is 10.2 Å².